The molecule has 0 amide bonds. The van der Waals surface area contributed by atoms with E-state index in [-0.39, 0.29) is 5.84 Å². The Morgan fingerprint density at radius 2 is 1.77 bits per heavy atom. The maximum absolute atomic E-state index is 7.48. The summed E-state index contributed by atoms with van der Waals surface area (Å²) in [7, 11) is 0. The number of nitrogens with zero attached hydrogens (tertiary/aromatic N) is 3. The summed E-state index contributed by atoms with van der Waals surface area (Å²) in [6.07, 6.45) is 4.04. The van der Waals surface area contributed by atoms with E-state index in [1.807, 2.05) is 18.2 Å². The summed E-state index contributed by atoms with van der Waals surface area (Å²) in [5.74, 6) is 1.68. The number of rotatable bonds is 3. The van der Waals surface area contributed by atoms with E-state index >= 15 is 0 Å². The van der Waals surface area contributed by atoms with Gasteiger partial charge in [0.15, 0.2) is 0 Å². The van der Waals surface area contributed by atoms with E-state index in [2.05, 4.69) is 24.9 Å². The highest BCUT2D eigenvalue weighted by atomic mass is 15.0. The Balaban J connectivity index is 1.70. The van der Waals surface area contributed by atoms with Crippen molar-refractivity contribution in [2.45, 2.75) is 6.42 Å². The fourth-order valence-corrected chi connectivity index (χ4v) is 2.47. The molecule has 0 saturated heterocycles. The van der Waals surface area contributed by atoms with Crippen molar-refractivity contribution >= 4 is 27.9 Å². The molecule has 0 aliphatic rings. The largest absolute Gasteiger partial charge is 0.384 e. The molecule has 0 bridgehead atoms. The fraction of sp³-hybridized carbons (Fsp3) is 0.0667. The van der Waals surface area contributed by atoms with E-state index in [1.165, 1.54) is 0 Å². The van der Waals surface area contributed by atoms with Crippen LogP contribution in [-0.4, -0.2) is 30.8 Å². The Bertz CT molecular complexity index is 962. The standard InChI is InChI=1S/C15H13N7/c16-15(17)8-1-2-9-11(5-8)21-13(19-9)6-14-20-10-3-4-18-7-12(10)22-14/h1-5,7H,6H2,(H3,16,17)(H,19,21)(H,20,22). The molecule has 0 unspecified atom stereocenters. The molecule has 7 heteroatoms. The lowest BCUT2D eigenvalue weighted by molar-refractivity contribution is 0.960. The second-order valence-corrected chi connectivity index (χ2v) is 5.08. The summed E-state index contributed by atoms with van der Waals surface area (Å²) in [5, 5.41) is 7.48. The first-order chi connectivity index (χ1) is 10.7. The topological polar surface area (TPSA) is 120 Å². The SMILES string of the molecule is N=C(N)c1ccc2nc(Cc3nc4ccncc4[nH]3)[nH]c2c1. The molecule has 108 valence electrons. The van der Waals surface area contributed by atoms with Gasteiger partial charge in [0, 0.05) is 11.8 Å². The predicted octanol–water partition coefficient (Wildman–Crippen LogP) is 1.71. The molecule has 7 nitrogen and oxygen atoms in total. The normalized spacial score (nSPS) is 11.3. The van der Waals surface area contributed by atoms with E-state index in [9.17, 15) is 0 Å². The number of amidine groups is 1. The molecule has 0 spiro atoms. The fourth-order valence-electron chi connectivity index (χ4n) is 2.47. The van der Waals surface area contributed by atoms with Crippen LogP contribution in [0.3, 0.4) is 0 Å². The molecule has 4 rings (SSSR count). The van der Waals surface area contributed by atoms with Crippen LogP contribution in [0.1, 0.15) is 17.2 Å². The number of nitrogens with two attached hydrogens (primary N) is 1. The Kier molecular flexibility index (Phi) is 2.65. The maximum atomic E-state index is 7.48. The molecule has 0 aliphatic heterocycles. The number of benzene rings is 1. The van der Waals surface area contributed by atoms with Crippen molar-refractivity contribution in [3.05, 3.63) is 53.9 Å². The lowest BCUT2D eigenvalue weighted by atomic mass is 10.2. The van der Waals surface area contributed by atoms with Gasteiger partial charge in [-0.1, -0.05) is 0 Å². The highest BCUT2D eigenvalue weighted by molar-refractivity contribution is 5.97. The molecule has 0 saturated carbocycles. The van der Waals surface area contributed by atoms with Crippen LogP contribution < -0.4 is 5.73 Å². The monoisotopic (exact) mass is 291 g/mol. The number of aromatic nitrogens is 5. The summed E-state index contributed by atoms with van der Waals surface area (Å²) in [5.41, 5.74) is 9.69. The first-order valence-electron chi connectivity index (χ1n) is 6.81. The Morgan fingerprint density at radius 1 is 1.05 bits per heavy atom. The van der Waals surface area contributed by atoms with E-state index in [1.54, 1.807) is 18.5 Å². The van der Waals surface area contributed by atoms with Gasteiger partial charge in [0.25, 0.3) is 0 Å². The van der Waals surface area contributed by atoms with Crippen molar-refractivity contribution in [2.75, 3.05) is 0 Å². The third-order valence-electron chi connectivity index (χ3n) is 3.51. The molecule has 4 aromatic rings. The van der Waals surface area contributed by atoms with Crippen LogP contribution in [0.5, 0.6) is 0 Å². The van der Waals surface area contributed by atoms with Crippen molar-refractivity contribution in [1.29, 1.82) is 5.41 Å². The zero-order chi connectivity index (χ0) is 15.1. The van der Waals surface area contributed by atoms with Gasteiger partial charge in [-0.15, -0.1) is 0 Å². The highest BCUT2D eigenvalue weighted by Gasteiger charge is 2.08. The average Bonchev–Trinajstić information content (AvgIpc) is 3.08. The second kappa shape index (κ2) is 4.66. The number of nitrogens with one attached hydrogen (secondary N) is 3. The van der Waals surface area contributed by atoms with E-state index < -0.39 is 0 Å². The third-order valence-corrected chi connectivity index (χ3v) is 3.51. The number of fused-ring (bicyclic) bond motifs is 2. The van der Waals surface area contributed by atoms with Crippen LogP contribution >= 0.6 is 0 Å². The molecule has 0 atom stereocenters. The zero-order valence-electron chi connectivity index (χ0n) is 11.6. The van der Waals surface area contributed by atoms with E-state index in [0.717, 1.165) is 33.7 Å². The first-order valence-corrected chi connectivity index (χ1v) is 6.81. The van der Waals surface area contributed by atoms with E-state index in [0.29, 0.717) is 12.0 Å². The molecule has 0 aliphatic carbocycles. The van der Waals surface area contributed by atoms with E-state index in [4.69, 9.17) is 11.1 Å². The molecule has 5 N–H and O–H groups in total. The van der Waals surface area contributed by atoms with Crippen LogP contribution in [0.4, 0.5) is 0 Å². The lowest BCUT2D eigenvalue weighted by Crippen LogP contribution is -2.10. The van der Waals surface area contributed by atoms with Gasteiger partial charge in [0.2, 0.25) is 0 Å². The molecule has 3 aromatic heterocycles. The molecular formula is C15H13N7. The lowest BCUT2D eigenvalue weighted by Gasteiger charge is -1.96. The molecule has 0 radical (unpaired) electrons. The smallest absolute Gasteiger partial charge is 0.122 e. The number of hydrogen-bond donors (Lipinski definition) is 4. The van der Waals surface area contributed by atoms with Crippen LogP contribution in [0.25, 0.3) is 22.1 Å². The van der Waals surface area contributed by atoms with Crippen molar-refractivity contribution in [3.63, 3.8) is 0 Å². The second-order valence-electron chi connectivity index (χ2n) is 5.08. The van der Waals surface area contributed by atoms with Crippen molar-refractivity contribution < 1.29 is 0 Å². The minimum atomic E-state index is 0.0443. The van der Waals surface area contributed by atoms with Gasteiger partial charge in [-0.05, 0) is 24.3 Å². The summed E-state index contributed by atoms with van der Waals surface area (Å²) in [4.78, 5) is 19.6. The van der Waals surface area contributed by atoms with Gasteiger partial charge in [-0.3, -0.25) is 10.4 Å². The van der Waals surface area contributed by atoms with Gasteiger partial charge in [0.1, 0.15) is 17.5 Å². The van der Waals surface area contributed by atoms with Crippen molar-refractivity contribution in [2.24, 2.45) is 5.73 Å². The Hall–Kier alpha value is -3.22. The number of imidazole rings is 2. The van der Waals surface area contributed by atoms with Crippen LogP contribution in [0.15, 0.2) is 36.7 Å². The van der Waals surface area contributed by atoms with Crippen LogP contribution in [0, 0.1) is 5.41 Å². The third kappa shape index (κ3) is 2.08. The highest BCUT2D eigenvalue weighted by Crippen LogP contribution is 2.16. The van der Waals surface area contributed by atoms with Gasteiger partial charge < -0.3 is 15.7 Å². The number of H-pyrrole nitrogens is 2. The summed E-state index contributed by atoms with van der Waals surface area (Å²) in [6.45, 7) is 0. The first kappa shape index (κ1) is 12.5. The van der Waals surface area contributed by atoms with Gasteiger partial charge in [-0.2, -0.15) is 0 Å². The Morgan fingerprint density at radius 3 is 2.50 bits per heavy atom. The zero-order valence-corrected chi connectivity index (χ0v) is 11.6. The molecule has 3 heterocycles. The summed E-state index contributed by atoms with van der Waals surface area (Å²) >= 11 is 0. The number of hydrogen-bond acceptors (Lipinski definition) is 4. The van der Waals surface area contributed by atoms with Gasteiger partial charge in [0.05, 0.1) is 34.7 Å². The molecule has 22 heavy (non-hydrogen) atoms. The maximum Gasteiger partial charge on any atom is 0.122 e. The number of nitrogen functional groups attached to an aromatic ring is 1. The van der Waals surface area contributed by atoms with Crippen LogP contribution in [-0.2, 0) is 6.42 Å². The number of aromatic amines is 2. The minimum absolute atomic E-state index is 0.0443. The van der Waals surface area contributed by atoms with Gasteiger partial charge in [-0.25, -0.2) is 9.97 Å². The predicted molar refractivity (Wildman–Crippen MR) is 83.8 cm³/mol. The summed E-state index contributed by atoms with van der Waals surface area (Å²) in [6, 6.07) is 7.35. The minimum Gasteiger partial charge on any atom is -0.384 e. The average molecular weight is 291 g/mol. The van der Waals surface area contributed by atoms with Crippen molar-refractivity contribution in [1.82, 2.24) is 24.9 Å². The molecule has 1 aromatic carbocycles. The quantitative estimate of drug-likeness (QED) is 0.339. The molecular weight excluding hydrogens is 278 g/mol. The number of pyridine rings is 1. The Labute approximate surface area is 125 Å². The summed E-state index contributed by atoms with van der Waals surface area (Å²) < 4.78 is 0. The van der Waals surface area contributed by atoms with Crippen LogP contribution in [0.2, 0.25) is 0 Å². The molecule has 0 fully saturated rings. The van der Waals surface area contributed by atoms with Gasteiger partial charge >= 0.3 is 0 Å². The van der Waals surface area contributed by atoms with Crippen molar-refractivity contribution in [3.8, 4) is 0 Å².